The molecule has 2 aromatic rings. The van der Waals surface area contributed by atoms with Gasteiger partial charge in [-0.15, -0.1) is 0 Å². The largest absolute Gasteiger partial charge is 0.496 e. The van der Waals surface area contributed by atoms with E-state index < -0.39 is 22.3 Å². The topological polar surface area (TPSA) is 124 Å². The molecule has 0 aliphatic carbocycles. The van der Waals surface area contributed by atoms with Crippen molar-refractivity contribution in [3.05, 3.63) is 47.5 Å². The number of carbonyl (C=O) groups is 1. The molecule has 0 saturated heterocycles. The fourth-order valence-electron chi connectivity index (χ4n) is 2.89. The summed E-state index contributed by atoms with van der Waals surface area (Å²) in [5.41, 5.74) is 1.45. The van der Waals surface area contributed by atoms with Gasteiger partial charge >= 0.3 is 5.97 Å². The van der Waals surface area contributed by atoms with Crippen molar-refractivity contribution in [1.29, 1.82) is 0 Å². The average molecular weight is 451 g/mol. The first-order valence-corrected chi connectivity index (χ1v) is 10.2. The van der Waals surface area contributed by atoms with E-state index in [9.17, 15) is 13.6 Å². The van der Waals surface area contributed by atoms with E-state index in [4.69, 9.17) is 24.1 Å². The van der Waals surface area contributed by atoms with Crippen molar-refractivity contribution >= 4 is 28.8 Å². The summed E-state index contributed by atoms with van der Waals surface area (Å²) in [5, 5.41) is 10.7. The van der Waals surface area contributed by atoms with E-state index in [-0.39, 0.29) is 6.54 Å². The van der Waals surface area contributed by atoms with Gasteiger partial charge in [0.1, 0.15) is 34.8 Å². The predicted octanol–water partition coefficient (Wildman–Crippen LogP) is 3.19. The molecule has 0 bridgehead atoms. The van der Waals surface area contributed by atoms with E-state index in [0.29, 0.717) is 39.8 Å². The molecule has 2 rings (SSSR count). The molecule has 0 aromatic heterocycles. The van der Waals surface area contributed by atoms with E-state index in [1.54, 1.807) is 42.5 Å². The second kappa shape index (κ2) is 11.2. The van der Waals surface area contributed by atoms with Crippen molar-refractivity contribution in [3.63, 3.8) is 0 Å². The Bertz CT molecular complexity index is 951. The summed E-state index contributed by atoms with van der Waals surface area (Å²) in [7, 11) is 5.97. The van der Waals surface area contributed by atoms with Crippen LogP contribution in [0.15, 0.2) is 36.4 Å². The first-order valence-electron chi connectivity index (χ1n) is 9.06. The molecule has 168 valence electrons. The van der Waals surface area contributed by atoms with Crippen LogP contribution in [0.3, 0.4) is 0 Å². The van der Waals surface area contributed by atoms with Crippen LogP contribution >= 0.6 is 0 Å². The molecule has 0 radical (unpaired) electrons. The van der Waals surface area contributed by atoms with E-state index >= 15 is 0 Å². The average Bonchev–Trinajstić information content (AvgIpc) is 2.77. The second-order valence-electron chi connectivity index (χ2n) is 6.21. The lowest BCUT2D eigenvalue weighted by atomic mass is 10.1. The highest BCUT2D eigenvalue weighted by Crippen LogP contribution is 2.37. The minimum atomic E-state index is -2.26. The van der Waals surface area contributed by atoms with Crippen LogP contribution in [0.1, 0.15) is 16.4 Å². The summed E-state index contributed by atoms with van der Waals surface area (Å²) in [4.78, 5) is 10.9. The number of rotatable bonds is 11. The number of carboxylic acids is 1. The summed E-state index contributed by atoms with van der Waals surface area (Å²) in [6.07, 6.45) is 3.18. The van der Waals surface area contributed by atoms with Gasteiger partial charge in [-0.25, -0.2) is 4.21 Å². The summed E-state index contributed by atoms with van der Waals surface area (Å²) in [5.74, 6) is 0.836. The van der Waals surface area contributed by atoms with Crippen molar-refractivity contribution in [2.45, 2.75) is 5.25 Å². The zero-order valence-corrected chi connectivity index (χ0v) is 18.4. The Hall–Kier alpha value is -3.24. The Morgan fingerprint density at radius 2 is 1.65 bits per heavy atom. The van der Waals surface area contributed by atoms with Crippen LogP contribution < -0.4 is 24.3 Å². The normalized spacial score (nSPS) is 12.8. The quantitative estimate of drug-likeness (QED) is 0.442. The van der Waals surface area contributed by atoms with Gasteiger partial charge in [0, 0.05) is 12.1 Å². The van der Waals surface area contributed by atoms with Gasteiger partial charge in [0.25, 0.3) is 0 Å². The molecular formula is C21H25NO8S. The number of ether oxygens (including phenoxy) is 4. The standard InChI is InChI=1S/C21H25NO8S/c1-27-14-10-18(29-3)15(19(11-14)30-4)6-8-20(31(25)26)13-5-7-17(28-2)16(9-13)22-12-21(23)24/h5-11,20,22H,12H2,1-4H3,(H,23,24)(H,25,26)/b8-6+. The lowest BCUT2D eigenvalue weighted by Gasteiger charge is -2.16. The fourth-order valence-corrected chi connectivity index (χ4v) is 3.48. The monoisotopic (exact) mass is 451 g/mol. The van der Waals surface area contributed by atoms with Crippen molar-refractivity contribution in [1.82, 2.24) is 0 Å². The van der Waals surface area contributed by atoms with Crippen LogP contribution in [0.4, 0.5) is 5.69 Å². The predicted molar refractivity (Wildman–Crippen MR) is 118 cm³/mol. The third kappa shape index (κ3) is 6.12. The van der Waals surface area contributed by atoms with Gasteiger partial charge in [0.15, 0.2) is 11.1 Å². The number of hydrogen-bond acceptors (Lipinski definition) is 7. The van der Waals surface area contributed by atoms with Gasteiger partial charge in [0.05, 0.1) is 39.7 Å². The maximum Gasteiger partial charge on any atom is 0.322 e. The number of hydrogen-bond donors (Lipinski definition) is 3. The molecule has 9 nitrogen and oxygen atoms in total. The molecule has 0 amide bonds. The SMILES string of the molecule is COc1cc(OC)c(/C=C/C(c2ccc(OC)c(NCC(=O)O)c2)S(=O)O)c(OC)c1. The molecule has 0 aliphatic heterocycles. The molecule has 3 N–H and O–H groups in total. The Morgan fingerprint density at radius 1 is 1.03 bits per heavy atom. The minimum absolute atomic E-state index is 0.331. The molecule has 0 heterocycles. The Morgan fingerprint density at radius 3 is 2.13 bits per heavy atom. The van der Waals surface area contributed by atoms with Gasteiger partial charge in [-0.3, -0.25) is 4.79 Å². The van der Waals surface area contributed by atoms with E-state index in [2.05, 4.69) is 5.32 Å². The van der Waals surface area contributed by atoms with Crippen LogP contribution in [0.2, 0.25) is 0 Å². The zero-order chi connectivity index (χ0) is 23.0. The van der Waals surface area contributed by atoms with E-state index in [0.717, 1.165) is 0 Å². The number of benzene rings is 2. The highest BCUT2D eigenvalue weighted by Gasteiger charge is 2.18. The summed E-state index contributed by atoms with van der Waals surface area (Å²) in [6.45, 7) is -0.331. The first kappa shape index (κ1) is 24.0. The Labute approximate surface area is 182 Å². The molecule has 0 saturated carbocycles. The third-order valence-corrected chi connectivity index (χ3v) is 5.25. The first-order chi connectivity index (χ1) is 14.8. The molecule has 0 fully saturated rings. The minimum Gasteiger partial charge on any atom is -0.496 e. The van der Waals surface area contributed by atoms with Crippen molar-refractivity contribution in [2.75, 3.05) is 40.3 Å². The highest BCUT2D eigenvalue weighted by atomic mass is 32.2. The van der Waals surface area contributed by atoms with Crippen molar-refractivity contribution in [3.8, 4) is 23.0 Å². The lowest BCUT2D eigenvalue weighted by molar-refractivity contribution is -0.134. The van der Waals surface area contributed by atoms with Gasteiger partial charge in [-0.05, 0) is 23.8 Å². The highest BCUT2D eigenvalue weighted by molar-refractivity contribution is 7.79. The van der Waals surface area contributed by atoms with Crippen LogP contribution in [0.5, 0.6) is 23.0 Å². The Balaban J connectivity index is 2.46. The molecule has 0 aliphatic rings. The van der Waals surface area contributed by atoms with Crippen LogP contribution in [0, 0.1) is 0 Å². The molecule has 0 spiro atoms. The fraction of sp³-hybridized carbons (Fsp3) is 0.286. The molecular weight excluding hydrogens is 426 g/mol. The molecule has 2 atom stereocenters. The maximum absolute atomic E-state index is 12.1. The van der Waals surface area contributed by atoms with Crippen LogP contribution in [0.25, 0.3) is 6.08 Å². The smallest absolute Gasteiger partial charge is 0.322 e. The number of methoxy groups -OCH3 is 4. The van der Waals surface area contributed by atoms with Crippen LogP contribution in [-0.2, 0) is 15.9 Å². The van der Waals surface area contributed by atoms with Crippen molar-refractivity contribution < 1.29 is 37.6 Å². The third-order valence-electron chi connectivity index (χ3n) is 4.39. The van der Waals surface area contributed by atoms with Gasteiger partial charge < -0.3 is 33.9 Å². The second-order valence-corrected chi connectivity index (χ2v) is 7.27. The van der Waals surface area contributed by atoms with E-state index in [1.165, 1.54) is 28.4 Å². The number of carboxylic acid groups (broad SMARTS) is 1. The molecule has 10 heteroatoms. The maximum atomic E-state index is 12.1. The summed E-state index contributed by atoms with van der Waals surface area (Å²) >= 11 is -2.26. The zero-order valence-electron chi connectivity index (χ0n) is 17.6. The molecule has 2 unspecified atom stereocenters. The Kier molecular flexibility index (Phi) is 8.71. The van der Waals surface area contributed by atoms with Crippen molar-refractivity contribution in [2.24, 2.45) is 0 Å². The number of nitrogens with one attached hydrogen (secondary N) is 1. The molecule has 31 heavy (non-hydrogen) atoms. The van der Waals surface area contributed by atoms with Gasteiger partial charge in [-0.2, -0.15) is 0 Å². The van der Waals surface area contributed by atoms with Gasteiger partial charge in [0.2, 0.25) is 0 Å². The summed E-state index contributed by atoms with van der Waals surface area (Å²) < 4.78 is 43.3. The molecule has 2 aromatic carbocycles. The number of anilines is 1. The van der Waals surface area contributed by atoms with E-state index in [1.807, 2.05) is 0 Å². The summed E-state index contributed by atoms with van der Waals surface area (Å²) in [6, 6.07) is 8.16. The lowest BCUT2D eigenvalue weighted by Crippen LogP contribution is -2.13. The number of aliphatic carboxylic acids is 1. The van der Waals surface area contributed by atoms with Gasteiger partial charge in [-0.1, -0.05) is 12.1 Å². The van der Waals surface area contributed by atoms with Crippen LogP contribution in [-0.4, -0.2) is 54.8 Å².